The summed E-state index contributed by atoms with van der Waals surface area (Å²) < 4.78 is 64.6. The van der Waals surface area contributed by atoms with Gasteiger partial charge in [-0.05, 0) is 30.7 Å². The van der Waals surface area contributed by atoms with Gasteiger partial charge in [0.25, 0.3) is 5.56 Å². The first-order valence-corrected chi connectivity index (χ1v) is 13.6. The number of ketones is 1. The van der Waals surface area contributed by atoms with Gasteiger partial charge in [0.05, 0.1) is 5.92 Å². The summed E-state index contributed by atoms with van der Waals surface area (Å²) in [5, 5.41) is 20.2. The van der Waals surface area contributed by atoms with Crippen LogP contribution in [0.25, 0.3) is 5.69 Å². The Morgan fingerprint density at radius 1 is 1.00 bits per heavy atom. The summed E-state index contributed by atoms with van der Waals surface area (Å²) >= 11 is 0. The van der Waals surface area contributed by atoms with Crippen LogP contribution in [-0.4, -0.2) is 56.1 Å². The maximum Gasteiger partial charge on any atom is 0.525 e. The van der Waals surface area contributed by atoms with Crippen LogP contribution in [0.3, 0.4) is 0 Å². The Morgan fingerprint density at radius 3 is 2.32 bits per heavy atom. The summed E-state index contributed by atoms with van der Waals surface area (Å²) in [6, 6.07) is 6.24. The van der Waals surface area contributed by atoms with E-state index in [9.17, 15) is 42.6 Å². The molecule has 1 aliphatic heterocycles. The summed E-state index contributed by atoms with van der Waals surface area (Å²) in [5.41, 5.74) is -4.57. The van der Waals surface area contributed by atoms with Gasteiger partial charge in [-0.2, -0.15) is 0 Å². The number of ether oxygens (including phenoxy) is 1. The number of hydroxylamine groups is 2. The number of hydrogen-bond acceptors (Lipinski definition) is 7. The summed E-state index contributed by atoms with van der Waals surface area (Å²) in [6.45, 7) is 1.60. The Bertz CT molecular complexity index is 1610. The van der Waals surface area contributed by atoms with Crippen molar-refractivity contribution in [3.8, 4) is 5.69 Å². The quantitative estimate of drug-likeness (QED) is 0.158. The Kier molecular flexibility index (Phi) is 9.72. The first kappa shape index (κ1) is 32.2. The van der Waals surface area contributed by atoms with E-state index in [1.54, 1.807) is 0 Å². The first-order chi connectivity index (χ1) is 20.9. The smallest absolute Gasteiger partial charge is 0.450 e. The first-order valence-electron chi connectivity index (χ1n) is 13.6. The predicted octanol–water partition coefficient (Wildman–Crippen LogP) is 6.06. The molecule has 14 heteroatoms. The van der Waals surface area contributed by atoms with Gasteiger partial charge in [-0.3, -0.25) is 14.2 Å². The van der Waals surface area contributed by atoms with Crippen molar-refractivity contribution in [2.24, 2.45) is 0 Å². The van der Waals surface area contributed by atoms with Crippen molar-refractivity contribution in [2.75, 3.05) is 6.54 Å². The second kappa shape index (κ2) is 13.3. The van der Waals surface area contributed by atoms with Gasteiger partial charge in [0, 0.05) is 54.9 Å². The average molecular weight is 621 g/mol. The number of carboxylic acid groups (broad SMARTS) is 2. The lowest BCUT2D eigenvalue weighted by Crippen LogP contribution is -2.56. The average Bonchev–Trinajstić information content (AvgIpc) is 2.94. The maximum atomic E-state index is 15.4. The molecule has 1 aliphatic rings. The largest absolute Gasteiger partial charge is 0.525 e. The van der Waals surface area contributed by atoms with E-state index >= 15 is 4.39 Å². The van der Waals surface area contributed by atoms with Crippen LogP contribution in [0.2, 0.25) is 0 Å². The number of nitrogens with zero attached hydrogens (tertiary/aromatic N) is 2. The maximum absolute atomic E-state index is 15.4. The van der Waals surface area contributed by atoms with E-state index in [1.807, 2.05) is 6.92 Å². The van der Waals surface area contributed by atoms with Crippen molar-refractivity contribution in [1.82, 2.24) is 9.63 Å². The Labute approximate surface area is 248 Å². The molecule has 0 spiro atoms. The summed E-state index contributed by atoms with van der Waals surface area (Å²) in [6.07, 6.45) is -1.86. The van der Waals surface area contributed by atoms with Gasteiger partial charge in [-0.15, -0.1) is 5.06 Å². The van der Waals surface area contributed by atoms with Crippen LogP contribution in [0, 0.1) is 23.3 Å². The van der Waals surface area contributed by atoms with Crippen molar-refractivity contribution in [3.63, 3.8) is 0 Å². The molecule has 1 aromatic heterocycles. The Morgan fingerprint density at radius 2 is 1.70 bits per heavy atom. The molecule has 44 heavy (non-hydrogen) atoms. The number of halogens is 4. The summed E-state index contributed by atoms with van der Waals surface area (Å²) in [4.78, 5) is 55.3. The predicted molar refractivity (Wildman–Crippen MR) is 146 cm³/mol. The molecular weight excluding hydrogens is 592 g/mol. The van der Waals surface area contributed by atoms with Gasteiger partial charge in [0.15, 0.2) is 5.78 Å². The second-order valence-electron chi connectivity index (χ2n) is 10.3. The van der Waals surface area contributed by atoms with Crippen LogP contribution in [0.1, 0.15) is 60.9 Å². The van der Waals surface area contributed by atoms with Crippen LogP contribution in [-0.2, 0) is 9.57 Å². The molecule has 0 radical (unpaired) electrons. The number of piperidine rings is 1. The van der Waals surface area contributed by atoms with Crippen LogP contribution >= 0.6 is 0 Å². The third-order valence-corrected chi connectivity index (χ3v) is 7.56. The Hall–Kier alpha value is -4.72. The molecule has 10 nitrogen and oxygen atoms in total. The van der Waals surface area contributed by atoms with E-state index in [1.165, 1.54) is 0 Å². The van der Waals surface area contributed by atoms with Gasteiger partial charge < -0.3 is 19.8 Å². The zero-order valence-corrected chi connectivity index (χ0v) is 23.3. The highest BCUT2D eigenvalue weighted by atomic mass is 19.1. The lowest BCUT2D eigenvalue weighted by molar-refractivity contribution is -0.198. The zero-order valence-electron chi connectivity index (χ0n) is 23.3. The normalized spacial score (nSPS) is 19.2. The molecule has 0 saturated carbocycles. The van der Waals surface area contributed by atoms with Crippen LogP contribution in [0.5, 0.6) is 0 Å². The van der Waals surface area contributed by atoms with Gasteiger partial charge in [0.1, 0.15) is 34.6 Å². The SMILES string of the molecule is CCCCC1CC(OC(=O)O)(C(C(=O)c2ccc(=O)n(-c3c(F)cccc3F)c2)c2ccc(F)cc2F)CCN1OC(=O)O. The third-order valence-electron chi connectivity index (χ3n) is 7.56. The van der Waals surface area contributed by atoms with Crippen LogP contribution < -0.4 is 5.56 Å². The number of unbranched alkanes of at least 4 members (excludes halogenated alkanes) is 1. The van der Waals surface area contributed by atoms with Crippen LogP contribution in [0.4, 0.5) is 27.2 Å². The number of aromatic nitrogens is 1. The molecule has 0 aliphatic carbocycles. The number of para-hydroxylation sites is 1. The van der Waals surface area contributed by atoms with Gasteiger partial charge in [0.2, 0.25) is 0 Å². The molecule has 3 atom stereocenters. The van der Waals surface area contributed by atoms with Crippen LogP contribution in [0.15, 0.2) is 59.5 Å². The van der Waals surface area contributed by atoms with Crippen molar-refractivity contribution >= 4 is 18.1 Å². The fourth-order valence-electron chi connectivity index (χ4n) is 5.67. The summed E-state index contributed by atoms with van der Waals surface area (Å²) in [7, 11) is 0. The number of carbonyl (C=O) groups excluding carboxylic acids is 1. The van der Waals surface area contributed by atoms with Crippen molar-refractivity contribution in [2.45, 2.75) is 56.6 Å². The molecular formula is C30H28F4N2O8. The molecule has 234 valence electrons. The number of benzene rings is 2. The highest BCUT2D eigenvalue weighted by molar-refractivity contribution is 6.02. The van der Waals surface area contributed by atoms with E-state index in [-0.39, 0.29) is 31.4 Å². The van der Waals surface area contributed by atoms with E-state index in [0.717, 1.165) is 53.7 Å². The molecule has 3 aromatic rings. The highest BCUT2D eigenvalue weighted by Crippen LogP contribution is 2.45. The van der Waals surface area contributed by atoms with E-state index in [0.29, 0.717) is 23.5 Å². The molecule has 4 rings (SSSR count). The van der Waals surface area contributed by atoms with Gasteiger partial charge >= 0.3 is 12.3 Å². The molecule has 3 unspecified atom stereocenters. The minimum absolute atomic E-state index is 0.263. The van der Waals surface area contributed by atoms with Gasteiger partial charge in [-0.25, -0.2) is 27.2 Å². The lowest BCUT2D eigenvalue weighted by Gasteiger charge is -2.47. The topological polar surface area (TPSA) is 135 Å². The van der Waals surface area contributed by atoms with E-state index in [2.05, 4.69) is 0 Å². The summed E-state index contributed by atoms with van der Waals surface area (Å²) in [5.74, 6) is -7.25. The molecule has 2 heterocycles. The minimum atomic E-state index is -2.05. The molecule has 1 saturated heterocycles. The number of pyridine rings is 1. The van der Waals surface area contributed by atoms with Crippen molar-refractivity contribution in [1.29, 1.82) is 0 Å². The Balaban J connectivity index is 1.92. The minimum Gasteiger partial charge on any atom is -0.450 e. The second-order valence-corrected chi connectivity index (χ2v) is 10.3. The molecule has 2 aromatic carbocycles. The number of carbonyl (C=O) groups is 3. The standard InChI is InChI=1S/C30H28F4N2O8/c1-2-3-5-19-15-30(43-28(39)40,12-13-36(19)44-29(41)42)25(20-10-9-18(31)14-23(20)34)27(38)17-8-11-24(37)35(16-17)26-21(32)6-4-7-22(26)33/h4,6-11,14,16,19,25H,2-3,5,12-13,15H2,1H3,(H,39,40)(H,41,42). The fourth-order valence-corrected chi connectivity index (χ4v) is 5.67. The lowest BCUT2D eigenvalue weighted by atomic mass is 9.70. The fraction of sp³-hybridized carbons (Fsp3) is 0.333. The molecule has 0 bridgehead atoms. The molecule has 1 fully saturated rings. The van der Waals surface area contributed by atoms with Gasteiger partial charge in [-0.1, -0.05) is 31.9 Å². The molecule has 2 N–H and O–H groups in total. The van der Waals surface area contributed by atoms with Crippen molar-refractivity contribution in [3.05, 3.63) is 99.5 Å². The van der Waals surface area contributed by atoms with E-state index < -0.39 is 75.7 Å². The molecule has 0 amide bonds. The zero-order chi connectivity index (χ0) is 32.2. The number of Topliss-reactive ketones (excluding diaryl/α,β-unsaturated/α-hetero) is 1. The monoisotopic (exact) mass is 620 g/mol. The highest BCUT2D eigenvalue weighted by Gasteiger charge is 2.53. The number of rotatable bonds is 10. The van der Waals surface area contributed by atoms with Crippen molar-refractivity contribution < 1.29 is 51.7 Å². The third kappa shape index (κ3) is 6.75. The van der Waals surface area contributed by atoms with E-state index in [4.69, 9.17) is 9.57 Å². The number of hydrogen-bond donors (Lipinski definition) is 2.